The molecule has 1 aromatic heterocycles. The van der Waals surface area contributed by atoms with Crippen molar-refractivity contribution in [2.45, 2.75) is 6.92 Å². The topological polar surface area (TPSA) is 87.7 Å². The quantitative estimate of drug-likeness (QED) is 0.352. The number of oxime groups is 1. The van der Waals surface area contributed by atoms with Crippen LogP contribution < -0.4 is 11.1 Å². The number of nitrogens with zero attached hydrogens (tertiary/aromatic N) is 1. The van der Waals surface area contributed by atoms with E-state index in [9.17, 15) is 9.18 Å². The van der Waals surface area contributed by atoms with Gasteiger partial charge in [0.05, 0.1) is 16.8 Å². The van der Waals surface area contributed by atoms with Gasteiger partial charge < -0.3 is 16.3 Å². The summed E-state index contributed by atoms with van der Waals surface area (Å²) in [5.41, 5.74) is 6.77. The summed E-state index contributed by atoms with van der Waals surface area (Å²) in [6.45, 7) is 1.81. The van der Waals surface area contributed by atoms with Gasteiger partial charge in [0.25, 0.3) is 5.91 Å². The number of nitrogens with two attached hydrogens (primary N) is 1. The SMILES string of the molecule is Cc1cscc1C(=O)Nc1cccc(F)c1C(N)=NO. The smallest absolute Gasteiger partial charge is 0.256 e. The first-order chi connectivity index (χ1) is 9.54. The normalized spacial score (nSPS) is 11.4. The standard InChI is InChI=1S/C13H12FN3O2S/c1-7-5-20-6-8(7)13(18)16-10-4-2-3-9(14)11(10)12(15)17-19/h2-6,19H,1H3,(H2,15,17)(H,16,18). The van der Waals surface area contributed by atoms with Gasteiger partial charge in [-0.15, -0.1) is 0 Å². The third kappa shape index (κ3) is 2.62. The van der Waals surface area contributed by atoms with Gasteiger partial charge in [0, 0.05) is 5.38 Å². The molecule has 0 saturated carbocycles. The van der Waals surface area contributed by atoms with Gasteiger partial charge in [-0.3, -0.25) is 4.79 Å². The van der Waals surface area contributed by atoms with Crippen molar-refractivity contribution >= 4 is 28.8 Å². The average molecular weight is 293 g/mol. The fourth-order valence-corrected chi connectivity index (χ4v) is 2.55. The Balaban J connectivity index is 2.38. The van der Waals surface area contributed by atoms with Gasteiger partial charge in [-0.25, -0.2) is 4.39 Å². The van der Waals surface area contributed by atoms with Crippen LogP contribution in [0.3, 0.4) is 0 Å². The van der Waals surface area contributed by atoms with Crippen molar-refractivity contribution in [1.82, 2.24) is 0 Å². The predicted molar refractivity (Wildman–Crippen MR) is 75.9 cm³/mol. The summed E-state index contributed by atoms with van der Waals surface area (Å²) < 4.78 is 13.7. The third-order valence-corrected chi connectivity index (χ3v) is 3.59. The Labute approximate surface area is 118 Å². The summed E-state index contributed by atoms with van der Waals surface area (Å²) in [4.78, 5) is 12.1. The number of amides is 1. The molecule has 0 bridgehead atoms. The molecule has 1 amide bonds. The summed E-state index contributed by atoms with van der Waals surface area (Å²) in [5.74, 6) is -1.46. The van der Waals surface area contributed by atoms with E-state index >= 15 is 0 Å². The number of thiophene rings is 1. The summed E-state index contributed by atoms with van der Waals surface area (Å²) in [7, 11) is 0. The van der Waals surface area contributed by atoms with Crippen LogP contribution in [0.25, 0.3) is 0 Å². The van der Waals surface area contributed by atoms with Gasteiger partial charge in [0.1, 0.15) is 5.82 Å². The molecule has 104 valence electrons. The molecule has 0 saturated heterocycles. The van der Waals surface area contributed by atoms with E-state index in [2.05, 4.69) is 10.5 Å². The van der Waals surface area contributed by atoms with Crippen LogP contribution in [0.4, 0.5) is 10.1 Å². The number of carbonyl (C=O) groups is 1. The Kier molecular flexibility index (Phi) is 3.99. The van der Waals surface area contributed by atoms with Crippen molar-refractivity contribution in [3.63, 3.8) is 0 Å². The number of benzene rings is 1. The summed E-state index contributed by atoms with van der Waals surface area (Å²) in [6.07, 6.45) is 0. The van der Waals surface area contributed by atoms with E-state index in [-0.39, 0.29) is 17.2 Å². The summed E-state index contributed by atoms with van der Waals surface area (Å²) >= 11 is 1.40. The molecule has 5 nitrogen and oxygen atoms in total. The molecule has 2 aromatic rings. The monoisotopic (exact) mass is 293 g/mol. The van der Waals surface area contributed by atoms with Gasteiger partial charge >= 0.3 is 0 Å². The highest BCUT2D eigenvalue weighted by Crippen LogP contribution is 2.21. The predicted octanol–water partition coefficient (Wildman–Crippen LogP) is 2.54. The molecule has 0 aliphatic heterocycles. The van der Waals surface area contributed by atoms with Crippen LogP contribution in [-0.2, 0) is 0 Å². The minimum Gasteiger partial charge on any atom is -0.409 e. The molecule has 1 aromatic carbocycles. The lowest BCUT2D eigenvalue weighted by atomic mass is 10.1. The van der Waals surface area contributed by atoms with Crippen molar-refractivity contribution in [1.29, 1.82) is 0 Å². The molecule has 0 unspecified atom stereocenters. The Hall–Kier alpha value is -2.41. The molecule has 0 radical (unpaired) electrons. The molecule has 7 heteroatoms. The molecule has 2 rings (SSSR count). The van der Waals surface area contributed by atoms with Gasteiger partial charge in [-0.05, 0) is 30.0 Å². The van der Waals surface area contributed by atoms with E-state index in [1.807, 2.05) is 5.38 Å². The second-order valence-corrected chi connectivity index (χ2v) is 4.81. The van der Waals surface area contributed by atoms with Crippen molar-refractivity contribution in [2.75, 3.05) is 5.32 Å². The van der Waals surface area contributed by atoms with E-state index in [0.717, 1.165) is 5.56 Å². The van der Waals surface area contributed by atoms with Crippen LogP contribution >= 0.6 is 11.3 Å². The number of nitrogens with one attached hydrogen (secondary N) is 1. The highest BCUT2D eigenvalue weighted by atomic mass is 32.1. The summed E-state index contributed by atoms with van der Waals surface area (Å²) in [5, 5.41) is 17.6. The van der Waals surface area contributed by atoms with Gasteiger partial charge in [0.15, 0.2) is 5.84 Å². The lowest BCUT2D eigenvalue weighted by Crippen LogP contribution is -2.20. The largest absolute Gasteiger partial charge is 0.409 e. The molecule has 0 fully saturated rings. The van der Waals surface area contributed by atoms with E-state index < -0.39 is 11.7 Å². The maximum Gasteiger partial charge on any atom is 0.256 e. The molecule has 0 aliphatic rings. The molecule has 0 aliphatic carbocycles. The van der Waals surface area contributed by atoms with Gasteiger partial charge in [-0.2, -0.15) is 11.3 Å². The van der Waals surface area contributed by atoms with E-state index in [4.69, 9.17) is 10.9 Å². The molecular weight excluding hydrogens is 281 g/mol. The maximum absolute atomic E-state index is 13.7. The number of aryl methyl sites for hydroxylation is 1. The van der Waals surface area contributed by atoms with Crippen molar-refractivity contribution in [2.24, 2.45) is 10.9 Å². The summed E-state index contributed by atoms with van der Waals surface area (Å²) in [6, 6.07) is 4.08. The van der Waals surface area contributed by atoms with Crippen LogP contribution in [0, 0.1) is 12.7 Å². The van der Waals surface area contributed by atoms with E-state index in [0.29, 0.717) is 5.56 Å². The number of rotatable bonds is 3. The van der Waals surface area contributed by atoms with Crippen LogP contribution in [0.5, 0.6) is 0 Å². The molecule has 1 heterocycles. The fraction of sp³-hybridized carbons (Fsp3) is 0.0769. The fourth-order valence-electron chi connectivity index (χ4n) is 1.72. The van der Waals surface area contributed by atoms with Crippen LogP contribution in [0.15, 0.2) is 34.1 Å². The molecular formula is C13H12FN3O2S. The maximum atomic E-state index is 13.7. The first-order valence-corrected chi connectivity index (χ1v) is 6.59. The Morgan fingerprint density at radius 1 is 1.45 bits per heavy atom. The lowest BCUT2D eigenvalue weighted by molar-refractivity contribution is 0.102. The van der Waals surface area contributed by atoms with Gasteiger partial charge in [0.2, 0.25) is 0 Å². The first kappa shape index (κ1) is 14.0. The second kappa shape index (κ2) is 5.70. The number of hydrogen-bond acceptors (Lipinski definition) is 4. The minimum absolute atomic E-state index is 0.142. The van der Waals surface area contributed by atoms with Crippen molar-refractivity contribution in [3.8, 4) is 0 Å². The number of anilines is 1. The van der Waals surface area contributed by atoms with Crippen LogP contribution in [0.1, 0.15) is 21.5 Å². The Morgan fingerprint density at radius 3 is 2.80 bits per heavy atom. The zero-order valence-electron chi connectivity index (χ0n) is 10.6. The van der Waals surface area contributed by atoms with E-state index in [1.54, 1.807) is 12.3 Å². The van der Waals surface area contributed by atoms with Crippen molar-refractivity contribution < 1.29 is 14.4 Å². The van der Waals surface area contributed by atoms with Crippen molar-refractivity contribution in [3.05, 3.63) is 51.5 Å². The Morgan fingerprint density at radius 2 is 2.20 bits per heavy atom. The highest BCUT2D eigenvalue weighted by molar-refractivity contribution is 7.08. The zero-order valence-corrected chi connectivity index (χ0v) is 11.4. The van der Waals surface area contributed by atoms with Crippen LogP contribution in [-0.4, -0.2) is 17.0 Å². The number of amidine groups is 1. The molecule has 0 spiro atoms. The second-order valence-electron chi connectivity index (χ2n) is 4.07. The molecule has 4 N–H and O–H groups in total. The van der Waals surface area contributed by atoms with Gasteiger partial charge in [-0.1, -0.05) is 11.2 Å². The zero-order chi connectivity index (χ0) is 14.7. The molecule has 20 heavy (non-hydrogen) atoms. The van der Waals surface area contributed by atoms with E-state index in [1.165, 1.54) is 29.5 Å². The third-order valence-electron chi connectivity index (χ3n) is 2.73. The average Bonchev–Trinajstić information content (AvgIpc) is 2.84. The minimum atomic E-state index is -0.680. The lowest BCUT2D eigenvalue weighted by Gasteiger charge is -2.10. The Bertz CT molecular complexity index is 682. The molecule has 0 atom stereocenters. The number of carbonyl (C=O) groups excluding carboxylic acids is 1. The van der Waals surface area contributed by atoms with Crippen LogP contribution in [0.2, 0.25) is 0 Å². The first-order valence-electron chi connectivity index (χ1n) is 5.65. The number of hydrogen-bond donors (Lipinski definition) is 3. The number of halogens is 1. The highest BCUT2D eigenvalue weighted by Gasteiger charge is 2.17.